The van der Waals surface area contributed by atoms with Crippen molar-refractivity contribution in [3.8, 4) is 22.3 Å². The molecule has 0 bridgehead atoms. The second-order valence-corrected chi connectivity index (χ2v) is 23.1. The Labute approximate surface area is 470 Å². The molecule has 79 heavy (non-hydrogen) atoms. The summed E-state index contributed by atoms with van der Waals surface area (Å²) in [6.07, 6.45) is 21.3. The molecule has 5 atom stereocenters. The van der Waals surface area contributed by atoms with Crippen LogP contribution in [0.1, 0.15) is 137 Å². The van der Waals surface area contributed by atoms with Crippen LogP contribution in [0.25, 0.3) is 86.9 Å². The Morgan fingerprint density at radius 3 is 1.28 bits per heavy atom. The zero-order chi connectivity index (χ0) is 53.5. The fourth-order valence-electron chi connectivity index (χ4n) is 13.8. The van der Waals surface area contributed by atoms with Gasteiger partial charge in [-0.1, -0.05) is 250 Å². The molecule has 0 saturated heterocycles. The summed E-state index contributed by atoms with van der Waals surface area (Å²) in [6, 6.07) is 82.6. The summed E-state index contributed by atoms with van der Waals surface area (Å²) in [7, 11) is 0. The highest BCUT2D eigenvalue weighted by atomic mass is 14.2. The molecule has 0 N–H and O–H groups in total. The number of hydrogen-bond donors (Lipinski definition) is 0. The smallest absolute Gasteiger partial charge is 0.00206 e. The minimum atomic E-state index is 0.488. The molecule has 12 rings (SSSR count). The van der Waals surface area contributed by atoms with Crippen molar-refractivity contribution in [2.75, 3.05) is 0 Å². The summed E-state index contributed by atoms with van der Waals surface area (Å²) in [6.45, 7) is 9.14. The number of allylic oxidation sites excluding steroid dienone is 3. The highest BCUT2D eigenvalue weighted by Crippen LogP contribution is 2.43. The van der Waals surface area contributed by atoms with E-state index in [0.717, 1.165) is 19.3 Å². The first kappa shape index (κ1) is 51.9. The molecule has 0 heterocycles. The number of hydrogen-bond acceptors (Lipinski definition) is 0. The molecule has 0 fully saturated rings. The lowest BCUT2D eigenvalue weighted by molar-refractivity contribution is 0.444. The van der Waals surface area contributed by atoms with Crippen molar-refractivity contribution in [2.24, 2.45) is 5.92 Å². The predicted molar refractivity (Wildman–Crippen MR) is 345 cm³/mol. The van der Waals surface area contributed by atoms with Crippen LogP contribution in [0.5, 0.6) is 0 Å². The molecule has 0 nitrogen and oxygen atoms in total. The van der Waals surface area contributed by atoms with Crippen molar-refractivity contribution in [3.63, 3.8) is 0 Å². The zero-order valence-corrected chi connectivity index (χ0v) is 46.6. The van der Waals surface area contributed by atoms with Gasteiger partial charge >= 0.3 is 0 Å². The lowest BCUT2D eigenvalue weighted by atomic mass is 9.83. The molecule has 5 unspecified atom stereocenters. The summed E-state index contributed by atoms with van der Waals surface area (Å²) in [5.74, 6) is 2.68. The SMILES string of the molecule is C=CC(CCC/C=C/CCC(CCC(CC)c1ccc(-c2ccc3ccc4cccc5ccc2c3c45)cc1)c1ccccc1)CCC(CCC(C)c1ccc(-c2ccc3ccc4cccc5ccc2c3c45)cc1)c1ccccc1. The van der Waals surface area contributed by atoms with Gasteiger partial charge in [0.05, 0.1) is 0 Å². The first-order valence-electron chi connectivity index (χ1n) is 29.9. The van der Waals surface area contributed by atoms with E-state index in [2.05, 4.69) is 257 Å². The third-order valence-corrected chi connectivity index (χ3v) is 18.4. The van der Waals surface area contributed by atoms with Crippen LogP contribution < -0.4 is 0 Å². The molecule has 0 saturated carbocycles. The summed E-state index contributed by atoms with van der Waals surface area (Å²) in [4.78, 5) is 0. The standard InChI is InChI=1S/C79H76/c1-4-56(30-32-63(60-22-15-10-16-23-60)31-29-55(3)58-34-39-64(40-35-58)72-51-47-70-45-43-66-25-17-27-68-49-53-74(72)78(70)76(66)68)19-11-7-6-8-12-24-61(59-20-13-9-14-21-59)36-33-57(5-2)62-37-41-65(42-38-62)73-52-48-71-46-44-67-26-18-28-69-50-54-75(73)79(71)77(67)69/h4,6,8-10,13-18,20-23,25-28,34-35,37-57,61,63H,1,5,7,11-12,19,24,29-33,36H2,2-3H3/b8-6+. The average Bonchev–Trinajstić information content (AvgIpc) is 3.70. The normalized spacial score (nSPS) is 14.1. The van der Waals surface area contributed by atoms with E-state index in [4.69, 9.17) is 0 Å². The van der Waals surface area contributed by atoms with Gasteiger partial charge in [0.15, 0.2) is 0 Å². The molecule has 0 aliphatic heterocycles. The van der Waals surface area contributed by atoms with Gasteiger partial charge in [0.1, 0.15) is 0 Å². The fourth-order valence-corrected chi connectivity index (χ4v) is 13.8. The van der Waals surface area contributed by atoms with Crippen LogP contribution in [0.4, 0.5) is 0 Å². The molecule has 0 aromatic heterocycles. The predicted octanol–water partition coefficient (Wildman–Crippen LogP) is 23.3. The van der Waals surface area contributed by atoms with Gasteiger partial charge in [-0.15, -0.1) is 6.58 Å². The van der Waals surface area contributed by atoms with Gasteiger partial charge in [-0.3, -0.25) is 0 Å². The van der Waals surface area contributed by atoms with E-state index < -0.39 is 0 Å². The Kier molecular flexibility index (Phi) is 15.8. The number of rotatable bonds is 24. The molecule has 0 amide bonds. The van der Waals surface area contributed by atoms with Crippen LogP contribution in [0.3, 0.4) is 0 Å². The Hall–Kier alpha value is -7.80. The first-order chi connectivity index (χ1) is 39.0. The maximum absolute atomic E-state index is 4.35. The molecule has 12 aromatic carbocycles. The summed E-state index contributed by atoms with van der Waals surface area (Å²) < 4.78 is 0. The van der Waals surface area contributed by atoms with E-state index in [-0.39, 0.29) is 0 Å². The van der Waals surface area contributed by atoms with Crippen LogP contribution in [0.15, 0.2) is 243 Å². The van der Waals surface area contributed by atoms with Crippen molar-refractivity contribution in [3.05, 3.63) is 265 Å². The zero-order valence-electron chi connectivity index (χ0n) is 46.6. The number of unbranched alkanes of at least 4 members (excludes halogenated alkanes) is 1. The summed E-state index contributed by atoms with van der Waals surface area (Å²) >= 11 is 0. The van der Waals surface area contributed by atoms with Gasteiger partial charge in [0.25, 0.3) is 0 Å². The van der Waals surface area contributed by atoms with Crippen LogP contribution in [-0.2, 0) is 0 Å². The quantitative estimate of drug-likeness (QED) is 0.0321. The highest BCUT2D eigenvalue weighted by molar-refractivity contribution is 6.26. The molecule has 392 valence electrons. The minimum Gasteiger partial charge on any atom is -0.103 e. The molecule has 0 radical (unpaired) electrons. The third kappa shape index (κ3) is 11.1. The second-order valence-electron chi connectivity index (χ2n) is 23.1. The van der Waals surface area contributed by atoms with Gasteiger partial charge in [0.2, 0.25) is 0 Å². The van der Waals surface area contributed by atoms with Gasteiger partial charge in [0, 0.05) is 0 Å². The van der Waals surface area contributed by atoms with E-state index in [9.17, 15) is 0 Å². The molecule has 0 aliphatic carbocycles. The van der Waals surface area contributed by atoms with Crippen LogP contribution >= 0.6 is 0 Å². The van der Waals surface area contributed by atoms with Crippen LogP contribution in [0, 0.1) is 5.92 Å². The Bertz CT molecular complexity index is 3920. The highest BCUT2D eigenvalue weighted by Gasteiger charge is 2.20. The number of benzene rings is 12. The maximum Gasteiger partial charge on any atom is -0.00206 e. The van der Waals surface area contributed by atoms with Crippen LogP contribution in [0.2, 0.25) is 0 Å². The molecule has 0 heteroatoms. The third-order valence-electron chi connectivity index (χ3n) is 18.4. The molecule has 0 spiro atoms. The molecular formula is C79H76. The van der Waals surface area contributed by atoms with Crippen molar-refractivity contribution < 1.29 is 0 Å². The van der Waals surface area contributed by atoms with Crippen molar-refractivity contribution >= 4 is 64.6 Å². The van der Waals surface area contributed by atoms with Gasteiger partial charge < -0.3 is 0 Å². The van der Waals surface area contributed by atoms with Crippen LogP contribution in [-0.4, -0.2) is 0 Å². The Balaban J connectivity index is 0.621. The van der Waals surface area contributed by atoms with E-state index in [0.29, 0.717) is 29.6 Å². The summed E-state index contributed by atoms with van der Waals surface area (Å²) in [5.41, 5.74) is 11.1. The van der Waals surface area contributed by atoms with Gasteiger partial charge in [-0.05, 0) is 216 Å². The minimum absolute atomic E-state index is 0.488. The van der Waals surface area contributed by atoms with Gasteiger partial charge in [-0.25, -0.2) is 0 Å². The Morgan fingerprint density at radius 2 is 0.759 bits per heavy atom. The first-order valence-corrected chi connectivity index (χ1v) is 29.9. The van der Waals surface area contributed by atoms with E-state index >= 15 is 0 Å². The maximum atomic E-state index is 4.35. The van der Waals surface area contributed by atoms with Crippen molar-refractivity contribution in [1.29, 1.82) is 0 Å². The van der Waals surface area contributed by atoms with Crippen molar-refractivity contribution in [2.45, 2.75) is 115 Å². The topological polar surface area (TPSA) is 0 Å². The molecule has 0 aliphatic rings. The second kappa shape index (κ2) is 24.1. The molecule has 12 aromatic rings. The molecular weight excluding hydrogens is 949 g/mol. The van der Waals surface area contributed by atoms with Gasteiger partial charge in [-0.2, -0.15) is 0 Å². The van der Waals surface area contributed by atoms with E-state index in [1.165, 1.54) is 167 Å². The van der Waals surface area contributed by atoms with Crippen molar-refractivity contribution in [1.82, 2.24) is 0 Å². The summed E-state index contributed by atoms with van der Waals surface area (Å²) in [5, 5.41) is 16.1. The van der Waals surface area contributed by atoms with E-state index in [1.54, 1.807) is 0 Å². The fraction of sp³-hybridized carbons (Fsp3) is 0.241. The monoisotopic (exact) mass is 1020 g/mol. The average molecular weight is 1030 g/mol. The Morgan fingerprint density at radius 1 is 0.342 bits per heavy atom. The van der Waals surface area contributed by atoms with E-state index in [1.807, 2.05) is 0 Å². The lowest BCUT2D eigenvalue weighted by Gasteiger charge is -2.22. The largest absolute Gasteiger partial charge is 0.103 e. The lowest BCUT2D eigenvalue weighted by Crippen LogP contribution is -2.06.